The van der Waals surface area contributed by atoms with Crippen molar-refractivity contribution in [3.8, 4) is 0 Å². The van der Waals surface area contributed by atoms with E-state index in [-0.39, 0.29) is 5.78 Å². The van der Waals surface area contributed by atoms with E-state index in [9.17, 15) is 18.0 Å². The summed E-state index contributed by atoms with van der Waals surface area (Å²) in [7, 11) is 0. The van der Waals surface area contributed by atoms with Crippen molar-refractivity contribution in [2.75, 3.05) is 5.33 Å². The number of rotatable bonds is 4. The molecule has 1 aromatic carbocycles. The van der Waals surface area contributed by atoms with Crippen LogP contribution in [0.15, 0.2) is 18.2 Å². The largest absolute Gasteiger partial charge is 0.416 e. The summed E-state index contributed by atoms with van der Waals surface area (Å²) >= 11 is 3.14. The third-order valence-electron chi connectivity index (χ3n) is 2.44. The molecule has 0 heterocycles. The van der Waals surface area contributed by atoms with Gasteiger partial charge in [-0.1, -0.05) is 28.9 Å². The predicted octanol–water partition coefficient (Wildman–Crippen LogP) is 4.24. The van der Waals surface area contributed by atoms with Gasteiger partial charge in [-0.3, -0.25) is 4.79 Å². The van der Waals surface area contributed by atoms with E-state index in [1.165, 1.54) is 6.07 Å². The van der Waals surface area contributed by atoms with Gasteiger partial charge < -0.3 is 0 Å². The first-order valence-electron chi connectivity index (χ1n) is 5.19. The van der Waals surface area contributed by atoms with Crippen LogP contribution in [0.25, 0.3) is 0 Å². The second kappa shape index (κ2) is 5.67. The first-order valence-corrected chi connectivity index (χ1v) is 6.31. The van der Waals surface area contributed by atoms with Crippen molar-refractivity contribution in [1.82, 2.24) is 0 Å². The molecule has 0 amide bonds. The van der Waals surface area contributed by atoms with Crippen molar-refractivity contribution in [2.45, 2.75) is 25.9 Å². The molecule has 0 fully saturated rings. The van der Waals surface area contributed by atoms with E-state index in [0.717, 1.165) is 12.1 Å². The molecular formula is C12H12BrF3O. The molecule has 0 aliphatic heterocycles. The molecule has 0 atom stereocenters. The Balaban J connectivity index is 3.14. The highest BCUT2D eigenvalue weighted by Crippen LogP contribution is 2.31. The van der Waals surface area contributed by atoms with Gasteiger partial charge in [-0.25, -0.2) is 0 Å². The Kier molecular flexibility index (Phi) is 4.74. The van der Waals surface area contributed by atoms with Crippen LogP contribution in [0.2, 0.25) is 0 Å². The number of benzene rings is 1. The molecule has 0 spiro atoms. The van der Waals surface area contributed by atoms with Gasteiger partial charge in [-0.05, 0) is 24.1 Å². The Bertz CT molecular complexity index is 413. The molecule has 17 heavy (non-hydrogen) atoms. The summed E-state index contributed by atoms with van der Waals surface area (Å²) in [6.45, 7) is 1.74. The van der Waals surface area contributed by atoms with Crippen LogP contribution in [-0.2, 0) is 12.6 Å². The lowest BCUT2D eigenvalue weighted by molar-refractivity contribution is -0.137. The van der Waals surface area contributed by atoms with Crippen LogP contribution in [0.1, 0.15) is 34.8 Å². The molecule has 0 unspecified atom stereocenters. The lowest BCUT2D eigenvalue weighted by Crippen LogP contribution is -2.09. The molecule has 5 heteroatoms. The smallest absolute Gasteiger partial charge is 0.294 e. The van der Waals surface area contributed by atoms with Gasteiger partial charge >= 0.3 is 6.18 Å². The summed E-state index contributed by atoms with van der Waals surface area (Å²) < 4.78 is 37.5. The van der Waals surface area contributed by atoms with Gasteiger partial charge in [-0.2, -0.15) is 13.2 Å². The number of Topliss-reactive ketones (excluding diaryl/α,β-unsaturated/α-hetero) is 1. The Morgan fingerprint density at radius 1 is 1.35 bits per heavy atom. The Morgan fingerprint density at radius 3 is 2.47 bits per heavy atom. The van der Waals surface area contributed by atoms with Gasteiger partial charge in [0.1, 0.15) is 0 Å². The normalized spacial score (nSPS) is 11.6. The third-order valence-corrected chi connectivity index (χ3v) is 2.83. The Morgan fingerprint density at radius 2 is 2.00 bits per heavy atom. The number of carbonyl (C=O) groups excluding carboxylic acids is 1. The number of carbonyl (C=O) groups is 1. The number of hydrogen-bond acceptors (Lipinski definition) is 1. The van der Waals surface area contributed by atoms with Crippen LogP contribution in [0.5, 0.6) is 0 Å². The zero-order valence-corrected chi connectivity index (χ0v) is 10.9. The van der Waals surface area contributed by atoms with Crippen LogP contribution in [0, 0.1) is 0 Å². The minimum absolute atomic E-state index is 0.132. The SMILES string of the molecule is CCc1cc(C(F)(F)F)ccc1C(=O)CCBr. The van der Waals surface area contributed by atoms with Gasteiger partial charge in [0.05, 0.1) is 5.56 Å². The van der Waals surface area contributed by atoms with Crippen molar-refractivity contribution in [3.05, 3.63) is 34.9 Å². The lowest BCUT2D eigenvalue weighted by Gasteiger charge is -2.11. The molecule has 94 valence electrons. The average molecular weight is 309 g/mol. The standard InChI is InChI=1S/C12H12BrF3O/c1-2-8-7-9(12(14,15)16)3-4-10(8)11(17)5-6-13/h3-4,7H,2,5-6H2,1H3. The van der Waals surface area contributed by atoms with E-state index >= 15 is 0 Å². The van der Waals surface area contributed by atoms with Gasteiger partial charge in [0.15, 0.2) is 5.78 Å². The average Bonchev–Trinajstić information content (AvgIpc) is 2.27. The number of alkyl halides is 4. The van der Waals surface area contributed by atoms with E-state index in [4.69, 9.17) is 0 Å². The highest BCUT2D eigenvalue weighted by Gasteiger charge is 2.31. The van der Waals surface area contributed by atoms with Crippen molar-refractivity contribution in [3.63, 3.8) is 0 Å². The number of ketones is 1. The number of aryl methyl sites for hydroxylation is 1. The van der Waals surface area contributed by atoms with Gasteiger partial charge in [0.2, 0.25) is 0 Å². The molecule has 1 nitrogen and oxygen atoms in total. The zero-order chi connectivity index (χ0) is 13.1. The summed E-state index contributed by atoms with van der Waals surface area (Å²) in [5.74, 6) is -0.132. The summed E-state index contributed by atoms with van der Waals surface area (Å²) in [4.78, 5) is 11.7. The molecule has 1 aromatic rings. The van der Waals surface area contributed by atoms with Crippen LogP contribution < -0.4 is 0 Å². The molecule has 1 rings (SSSR count). The first-order chi connectivity index (χ1) is 7.90. The minimum atomic E-state index is -4.36. The van der Waals surface area contributed by atoms with E-state index in [0.29, 0.717) is 29.3 Å². The second-order valence-corrected chi connectivity index (χ2v) is 4.38. The fraction of sp³-hybridized carbons (Fsp3) is 0.417. The van der Waals surface area contributed by atoms with Crippen molar-refractivity contribution < 1.29 is 18.0 Å². The molecule has 0 saturated heterocycles. The fourth-order valence-electron chi connectivity index (χ4n) is 1.56. The summed E-state index contributed by atoms with van der Waals surface area (Å²) in [5.41, 5.74) is 0.135. The summed E-state index contributed by atoms with van der Waals surface area (Å²) in [6.07, 6.45) is -3.66. The molecule has 0 radical (unpaired) electrons. The molecular weight excluding hydrogens is 297 g/mol. The monoisotopic (exact) mass is 308 g/mol. The third kappa shape index (κ3) is 3.56. The molecule has 0 aliphatic rings. The number of hydrogen-bond donors (Lipinski definition) is 0. The summed E-state index contributed by atoms with van der Waals surface area (Å²) in [6, 6.07) is 3.29. The molecule has 0 N–H and O–H groups in total. The minimum Gasteiger partial charge on any atom is -0.294 e. The van der Waals surface area contributed by atoms with Crippen molar-refractivity contribution in [1.29, 1.82) is 0 Å². The highest BCUT2D eigenvalue weighted by atomic mass is 79.9. The predicted molar refractivity (Wildman–Crippen MR) is 63.6 cm³/mol. The first kappa shape index (κ1) is 14.2. The van der Waals surface area contributed by atoms with E-state index < -0.39 is 11.7 Å². The van der Waals surface area contributed by atoms with E-state index in [1.807, 2.05) is 0 Å². The van der Waals surface area contributed by atoms with E-state index in [1.54, 1.807) is 6.92 Å². The topological polar surface area (TPSA) is 17.1 Å². The van der Waals surface area contributed by atoms with Crippen molar-refractivity contribution >= 4 is 21.7 Å². The Hall–Kier alpha value is -0.840. The molecule has 0 saturated carbocycles. The maximum atomic E-state index is 12.5. The van der Waals surface area contributed by atoms with Gasteiger partial charge in [0.25, 0.3) is 0 Å². The van der Waals surface area contributed by atoms with E-state index in [2.05, 4.69) is 15.9 Å². The van der Waals surface area contributed by atoms with Crippen LogP contribution in [0.4, 0.5) is 13.2 Å². The van der Waals surface area contributed by atoms with Crippen LogP contribution in [0.3, 0.4) is 0 Å². The maximum Gasteiger partial charge on any atom is 0.416 e. The maximum absolute atomic E-state index is 12.5. The second-order valence-electron chi connectivity index (χ2n) is 3.59. The van der Waals surface area contributed by atoms with Crippen molar-refractivity contribution in [2.24, 2.45) is 0 Å². The lowest BCUT2D eigenvalue weighted by atomic mass is 9.97. The highest BCUT2D eigenvalue weighted by molar-refractivity contribution is 9.09. The van der Waals surface area contributed by atoms with Gasteiger partial charge in [0, 0.05) is 17.3 Å². The molecule has 0 bridgehead atoms. The molecule has 0 aliphatic carbocycles. The van der Waals surface area contributed by atoms with Crippen LogP contribution >= 0.6 is 15.9 Å². The zero-order valence-electron chi connectivity index (χ0n) is 9.27. The Labute approximate surface area is 106 Å². The quantitative estimate of drug-likeness (QED) is 0.601. The van der Waals surface area contributed by atoms with Gasteiger partial charge in [-0.15, -0.1) is 0 Å². The molecule has 0 aromatic heterocycles. The fourth-order valence-corrected chi connectivity index (χ4v) is 1.92. The number of halogens is 4. The summed E-state index contributed by atoms with van der Waals surface area (Å²) in [5, 5.41) is 0.510. The van der Waals surface area contributed by atoms with Crippen LogP contribution in [-0.4, -0.2) is 11.1 Å².